The average molecular weight is 317 g/mol. The highest BCUT2D eigenvalue weighted by Gasteiger charge is 2.10. The van der Waals surface area contributed by atoms with E-state index in [1.807, 2.05) is 38.1 Å². The summed E-state index contributed by atoms with van der Waals surface area (Å²) in [7, 11) is 1.63. The molecule has 1 N–H and O–H groups in total. The Morgan fingerprint density at radius 2 is 1.96 bits per heavy atom. The van der Waals surface area contributed by atoms with Crippen LogP contribution in [0.25, 0.3) is 11.5 Å². The standard InChI is InChI=1S/C17H23N3O3/c1-4-20(5-2)17(21)18-11-10-14-12-23-16(19-14)13-6-8-15(22-3)9-7-13/h6-9,12H,4-5,10-11H2,1-3H3,(H,18,21). The van der Waals surface area contributed by atoms with Crippen LogP contribution < -0.4 is 10.1 Å². The monoisotopic (exact) mass is 317 g/mol. The van der Waals surface area contributed by atoms with Crippen molar-refractivity contribution >= 4 is 6.03 Å². The van der Waals surface area contributed by atoms with Gasteiger partial charge in [0.15, 0.2) is 0 Å². The van der Waals surface area contributed by atoms with Crippen LogP contribution in [-0.4, -0.2) is 42.7 Å². The molecule has 0 bridgehead atoms. The van der Waals surface area contributed by atoms with Crippen molar-refractivity contribution in [2.75, 3.05) is 26.7 Å². The van der Waals surface area contributed by atoms with Crippen molar-refractivity contribution in [2.45, 2.75) is 20.3 Å². The summed E-state index contributed by atoms with van der Waals surface area (Å²) in [6.45, 7) is 5.86. The second-order valence-electron chi connectivity index (χ2n) is 5.03. The molecule has 0 unspecified atom stereocenters. The van der Waals surface area contributed by atoms with Crippen LogP contribution in [0.2, 0.25) is 0 Å². The van der Waals surface area contributed by atoms with Gasteiger partial charge in [0.2, 0.25) is 5.89 Å². The fraction of sp³-hybridized carbons (Fsp3) is 0.412. The largest absolute Gasteiger partial charge is 0.497 e. The molecule has 0 radical (unpaired) electrons. The zero-order valence-corrected chi connectivity index (χ0v) is 13.8. The number of aromatic nitrogens is 1. The SMILES string of the molecule is CCN(CC)C(=O)NCCc1coc(-c2ccc(OC)cc2)n1. The van der Waals surface area contributed by atoms with Crippen LogP contribution in [0, 0.1) is 0 Å². The van der Waals surface area contributed by atoms with Crippen molar-refractivity contribution in [3.8, 4) is 17.2 Å². The number of carbonyl (C=O) groups excluding carboxylic acids is 1. The lowest BCUT2D eigenvalue weighted by molar-refractivity contribution is 0.203. The molecule has 1 aromatic heterocycles. The Bertz CT molecular complexity index is 618. The van der Waals surface area contributed by atoms with Gasteiger partial charge in [0.1, 0.15) is 12.0 Å². The molecule has 6 heteroatoms. The fourth-order valence-electron chi connectivity index (χ4n) is 2.21. The van der Waals surface area contributed by atoms with E-state index >= 15 is 0 Å². The van der Waals surface area contributed by atoms with Gasteiger partial charge in [-0.3, -0.25) is 0 Å². The number of amides is 2. The third kappa shape index (κ3) is 4.48. The van der Waals surface area contributed by atoms with E-state index in [0.717, 1.165) is 17.0 Å². The minimum absolute atomic E-state index is 0.0473. The summed E-state index contributed by atoms with van der Waals surface area (Å²) in [4.78, 5) is 18.0. The van der Waals surface area contributed by atoms with Crippen molar-refractivity contribution in [3.63, 3.8) is 0 Å². The van der Waals surface area contributed by atoms with E-state index < -0.39 is 0 Å². The molecule has 124 valence electrons. The molecule has 0 aliphatic heterocycles. The number of methoxy groups -OCH3 is 1. The van der Waals surface area contributed by atoms with Crippen LogP contribution in [0.3, 0.4) is 0 Å². The molecule has 0 fully saturated rings. The number of benzene rings is 1. The van der Waals surface area contributed by atoms with E-state index in [0.29, 0.717) is 31.9 Å². The van der Waals surface area contributed by atoms with Crippen molar-refractivity contribution in [1.82, 2.24) is 15.2 Å². The zero-order valence-electron chi connectivity index (χ0n) is 13.8. The van der Waals surface area contributed by atoms with Gasteiger partial charge in [-0.05, 0) is 38.1 Å². The highest BCUT2D eigenvalue weighted by Crippen LogP contribution is 2.21. The molecule has 2 amide bonds. The van der Waals surface area contributed by atoms with Crippen LogP contribution in [0.4, 0.5) is 4.79 Å². The molecule has 6 nitrogen and oxygen atoms in total. The number of carbonyl (C=O) groups is 1. The number of rotatable bonds is 7. The number of urea groups is 1. The highest BCUT2D eigenvalue weighted by atomic mass is 16.5. The maximum Gasteiger partial charge on any atom is 0.317 e. The molecule has 0 spiro atoms. The molecular weight excluding hydrogens is 294 g/mol. The van der Waals surface area contributed by atoms with Gasteiger partial charge in [0.25, 0.3) is 0 Å². The predicted octanol–water partition coefficient (Wildman–Crippen LogP) is 2.94. The Labute approximate surface area is 136 Å². The van der Waals surface area contributed by atoms with E-state index in [-0.39, 0.29) is 6.03 Å². The number of hydrogen-bond acceptors (Lipinski definition) is 4. The van der Waals surface area contributed by atoms with Crippen molar-refractivity contribution < 1.29 is 13.9 Å². The highest BCUT2D eigenvalue weighted by molar-refractivity contribution is 5.74. The van der Waals surface area contributed by atoms with Crippen LogP contribution >= 0.6 is 0 Å². The minimum atomic E-state index is -0.0473. The maximum absolute atomic E-state index is 11.8. The summed E-state index contributed by atoms with van der Waals surface area (Å²) < 4.78 is 10.6. The Morgan fingerprint density at radius 3 is 2.57 bits per heavy atom. The average Bonchev–Trinajstić information content (AvgIpc) is 3.05. The first kappa shape index (κ1) is 16.9. The molecule has 2 aromatic rings. The molecule has 2 rings (SSSR count). The van der Waals surface area contributed by atoms with Crippen molar-refractivity contribution in [3.05, 3.63) is 36.2 Å². The molecular formula is C17H23N3O3. The van der Waals surface area contributed by atoms with Crippen LogP contribution in [-0.2, 0) is 6.42 Å². The normalized spacial score (nSPS) is 10.4. The van der Waals surface area contributed by atoms with Gasteiger partial charge in [0.05, 0.1) is 12.8 Å². The van der Waals surface area contributed by atoms with E-state index in [9.17, 15) is 4.79 Å². The van der Waals surface area contributed by atoms with Crippen molar-refractivity contribution in [1.29, 1.82) is 0 Å². The summed E-state index contributed by atoms with van der Waals surface area (Å²) in [5.74, 6) is 1.36. The lowest BCUT2D eigenvalue weighted by atomic mass is 10.2. The number of nitrogens with one attached hydrogen (secondary N) is 1. The van der Waals surface area contributed by atoms with E-state index in [2.05, 4.69) is 10.3 Å². The Morgan fingerprint density at radius 1 is 1.26 bits per heavy atom. The van der Waals surface area contributed by atoms with E-state index in [1.165, 1.54) is 0 Å². The molecule has 23 heavy (non-hydrogen) atoms. The number of ether oxygens (including phenoxy) is 1. The van der Waals surface area contributed by atoms with Gasteiger partial charge in [-0.1, -0.05) is 0 Å². The first-order valence-corrected chi connectivity index (χ1v) is 7.79. The quantitative estimate of drug-likeness (QED) is 0.852. The summed E-state index contributed by atoms with van der Waals surface area (Å²) >= 11 is 0. The van der Waals surface area contributed by atoms with Gasteiger partial charge in [-0.2, -0.15) is 0 Å². The molecule has 1 aromatic carbocycles. The summed E-state index contributed by atoms with van der Waals surface area (Å²) in [6.07, 6.45) is 2.26. The number of nitrogens with zero attached hydrogens (tertiary/aromatic N) is 2. The van der Waals surface area contributed by atoms with Gasteiger partial charge in [0, 0.05) is 31.6 Å². The minimum Gasteiger partial charge on any atom is -0.497 e. The fourth-order valence-corrected chi connectivity index (χ4v) is 2.21. The Balaban J connectivity index is 1.88. The third-order valence-electron chi connectivity index (χ3n) is 3.60. The smallest absolute Gasteiger partial charge is 0.317 e. The molecule has 0 saturated heterocycles. The molecule has 1 heterocycles. The summed E-state index contributed by atoms with van der Waals surface area (Å²) in [5, 5.41) is 2.89. The van der Waals surface area contributed by atoms with Gasteiger partial charge in [-0.25, -0.2) is 9.78 Å². The zero-order chi connectivity index (χ0) is 16.7. The predicted molar refractivity (Wildman–Crippen MR) is 88.5 cm³/mol. The topological polar surface area (TPSA) is 67.6 Å². The third-order valence-corrected chi connectivity index (χ3v) is 3.60. The maximum atomic E-state index is 11.8. The number of hydrogen-bond donors (Lipinski definition) is 1. The first-order valence-electron chi connectivity index (χ1n) is 7.79. The summed E-state index contributed by atoms with van der Waals surface area (Å²) in [6, 6.07) is 7.48. The second kappa shape index (κ2) is 8.22. The van der Waals surface area contributed by atoms with Crippen LogP contribution in [0.1, 0.15) is 19.5 Å². The molecule has 0 aliphatic rings. The van der Waals surface area contributed by atoms with Gasteiger partial charge in [-0.15, -0.1) is 0 Å². The van der Waals surface area contributed by atoms with E-state index in [1.54, 1.807) is 18.3 Å². The number of oxazole rings is 1. The molecule has 0 aliphatic carbocycles. The van der Waals surface area contributed by atoms with Crippen molar-refractivity contribution in [2.24, 2.45) is 0 Å². The van der Waals surface area contributed by atoms with Crippen LogP contribution in [0.15, 0.2) is 34.9 Å². The van der Waals surface area contributed by atoms with E-state index in [4.69, 9.17) is 9.15 Å². The summed E-state index contributed by atoms with van der Waals surface area (Å²) in [5.41, 5.74) is 1.71. The lowest BCUT2D eigenvalue weighted by Crippen LogP contribution is -2.40. The Hall–Kier alpha value is -2.50. The molecule has 0 saturated carbocycles. The lowest BCUT2D eigenvalue weighted by Gasteiger charge is -2.18. The van der Waals surface area contributed by atoms with Gasteiger partial charge < -0.3 is 19.4 Å². The van der Waals surface area contributed by atoms with Gasteiger partial charge >= 0.3 is 6.03 Å². The molecule has 0 atom stereocenters. The first-order chi connectivity index (χ1) is 11.2. The second-order valence-corrected chi connectivity index (χ2v) is 5.03. The van der Waals surface area contributed by atoms with Crippen LogP contribution in [0.5, 0.6) is 5.75 Å². The Kier molecular flexibility index (Phi) is 6.02.